The molecule has 1 rings (SSSR count). The molecule has 8 heteroatoms. The van der Waals surface area contributed by atoms with Crippen LogP contribution in [0.2, 0.25) is 0 Å². The Morgan fingerprint density at radius 3 is 2.42 bits per heavy atom. The van der Waals surface area contributed by atoms with Gasteiger partial charge in [0.2, 0.25) is 0 Å². The Morgan fingerprint density at radius 2 is 2.00 bits per heavy atom. The van der Waals surface area contributed by atoms with Gasteiger partial charge in [0.25, 0.3) is 0 Å². The van der Waals surface area contributed by atoms with Gasteiger partial charge in [-0.3, -0.25) is 9.52 Å². The number of carbonyl (C=O) groups is 1. The molecule has 2 N–H and O–H groups in total. The van der Waals surface area contributed by atoms with Crippen molar-refractivity contribution in [3.63, 3.8) is 0 Å². The van der Waals surface area contributed by atoms with E-state index in [4.69, 9.17) is 5.11 Å². The van der Waals surface area contributed by atoms with E-state index >= 15 is 0 Å². The maximum Gasteiger partial charge on any atom is 0.310 e. The molecule has 0 saturated carbocycles. The number of carboxylic acids is 1. The molecule has 1 atom stereocenters. The molecule has 1 aromatic carbocycles. The molecule has 1 unspecified atom stereocenters. The predicted octanol–water partition coefficient (Wildman–Crippen LogP) is 1.23. The highest BCUT2D eigenvalue weighted by Gasteiger charge is 2.18. The summed E-state index contributed by atoms with van der Waals surface area (Å²) in [7, 11) is -1.18. The van der Waals surface area contributed by atoms with Crippen molar-refractivity contribution >= 4 is 21.9 Å². The van der Waals surface area contributed by atoms with Gasteiger partial charge in [-0.25, -0.2) is 4.39 Å². The standard InChI is InChI=1S/C11H15FN2O4S/c1-7(11(15)16)8-4-5-10(9(12)6-8)13-19(17,18)14(2)3/h4-7,13H,1-3H3,(H,15,16). The van der Waals surface area contributed by atoms with Crippen LogP contribution in [0.4, 0.5) is 10.1 Å². The van der Waals surface area contributed by atoms with Gasteiger partial charge in [-0.15, -0.1) is 0 Å². The lowest BCUT2D eigenvalue weighted by Crippen LogP contribution is -2.29. The van der Waals surface area contributed by atoms with Crippen LogP contribution in [-0.2, 0) is 15.0 Å². The summed E-state index contributed by atoms with van der Waals surface area (Å²) < 4.78 is 39.8. The fourth-order valence-electron chi connectivity index (χ4n) is 1.26. The van der Waals surface area contributed by atoms with Gasteiger partial charge in [0.1, 0.15) is 5.82 Å². The van der Waals surface area contributed by atoms with E-state index in [-0.39, 0.29) is 11.3 Å². The third-order valence-electron chi connectivity index (χ3n) is 2.58. The molecule has 0 heterocycles. The van der Waals surface area contributed by atoms with Gasteiger partial charge in [0.05, 0.1) is 11.6 Å². The van der Waals surface area contributed by atoms with Crippen molar-refractivity contribution < 1.29 is 22.7 Å². The summed E-state index contributed by atoms with van der Waals surface area (Å²) in [4.78, 5) is 10.8. The van der Waals surface area contributed by atoms with Crippen LogP contribution in [-0.4, -0.2) is 37.9 Å². The number of aliphatic carboxylic acids is 1. The molecule has 0 bridgehead atoms. The van der Waals surface area contributed by atoms with Gasteiger partial charge < -0.3 is 5.11 Å². The fourth-order valence-corrected chi connectivity index (χ4v) is 1.88. The Balaban J connectivity index is 3.06. The minimum atomic E-state index is -3.80. The Bertz CT molecular complexity index is 586. The van der Waals surface area contributed by atoms with Crippen molar-refractivity contribution in [2.24, 2.45) is 0 Å². The highest BCUT2D eigenvalue weighted by atomic mass is 32.2. The monoisotopic (exact) mass is 290 g/mol. The number of carboxylic acid groups (broad SMARTS) is 1. The Hall–Kier alpha value is -1.67. The average Bonchev–Trinajstić information content (AvgIpc) is 2.30. The van der Waals surface area contributed by atoms with E-state index in [9.17, 15) is 17.6 Å². The molecule has 106 valence electrons. The summed E-state index contributed by atoms with van der Waals surface area (Å²) in [6, 6.07) is 3.58. The maximum atomic E-state index is 13.7. The van der Waals surface area contributed by atoms with Crippen LogP contribution in [0.5, 0.6) is 0 Å². The first kappa shape index (κ1) is 15.4. The number of rotatable bonds is 5. The number of nitrogens with zero attached hydrogens (tertiary/aromatic N) is 1. The zero-order valence-corrected chi connectivity index (χ0v) is 11.5. The summed E-state index contributed by atoms with van der Waals surface area (Å²) in [6.07, 6.45) is 0. The molecule has 0 amide bonds. The number of benzene rings is 1. The third kappa shape index (κ3) is 3.65. The van der Waals surface area contributed by atoms with Crippen LogP contribution in [0.15, 0.2) is 18.2 Å². The lowest BCUT2D eigenvalue weighted by molar-refractivity contribution is -0.138. The van der Waals surface area contributed by atoms with Crippen molar-refractivity contribution in [3.05, 3.63) is 29.6 Å². The normalized spacial score (nSPS) is 13.3. The van der Waals surface area contributed by atoms with E-state index in [1.54, 1.807) is 0 Å². The molecule has 0 aliphatic carbocycles. The molecule has 0 aromatic heterocycles. The van der Waals surface area contributed by atoms with E-state index in [0.717, 1.165) is 10.4 Å². The van der Waals surface area contributed by atoms with Crippen LogP contribution in [0.1, 0.15) is 18.4 Å². The zero-order chi connectivity index (χ0) is 14.8. The summed E-state index contributed by atoms with van der Waals surface area (Å²) in [5, 5.41) is 8.81. The first-order valence-corrected chi connectivity index (χ1v) is 6.81. The molecule has 0 fully saturated rings. The topological polar surface area (TPSA) is 86.7 Å². The highest BCUT2D eigenvalue weighted by Crippen LogP contribution is 2.22. The van der Waals surface area contributed by atoms with E-state index < -0.39 is 27.9 Å². The summed E-state index contributed by atoms with van der Waals surface area (Å²) in [6.45, 7) is 1.42. The number of anilines is 1. The number of nitrogens with one attached hydrogen (secondary N) is 1. The van der Waals surface area contributed by atoms with E-state index in [1.165, 1.54) is 33.2 Å². The lowest BCUT2D eigenvalue weighted by atomic mass is 10.0. The molecule has 19 heavy (non-hydrogen) atoms. The minimum Gasteiger partial charge on any atom is -0.481 e. The summed E-state index contributed by atoms with van der Waals surface area (Å²) in [5.41, 5.74) is 0.0350. The SMILES string of the molecule is CC(C(=O)O)c1ccc(NS(=O)(=O)N(C)C)c(F)c1. The molecule has 6 nitrogen and oxygen atoms in total. The Labute approximate surface area is 111 Å². The van der Waals surface area contributed by atoms with Crippen molar-refractivity contribution in [1.82, 2.24) is 4.31 Å². The summed E-state index contributed by atoms with van der Waals surface area (Å²) in [5.74, 6) is -2.77. The molecule has 0 spiro atoms. The second kappa shape index (κ2) is 5.54. The average molecular weight is 290 g/mol. The largest absolute Gasteiger partial charge is 0.481 e. The highest BCUT2D eigenvalue weighted by molar-refractivity contribution is 7.90. The predicted molar refractivity (Wildman–Crippen MR) is 68.7 cm³/mol. The lowest BCUT2D eigenvalue weighted by Gasteiger charge is -2.15. The van der Waals surface area contributed by atoms with Crippen LogP contribution < -0.4 is 4.72 Å². The smallest absolute Gasteiger partial charge is 0.310 e. The number of halogens is 1. The Morgan fingerprint density at radius 1 is 1.42 bits per heavy atom. The Kier molecular flexibility index (Phi) is 4.48. The van der Waals surface area contributed by atoms with Crippen LogP contribution in [0, 0.1) is 5.82 Å². The quantitative estimate of drug-likeness (QED) is 0.854. The van der Waals surface area contributed by atoms with Gasteiger partial charge in [-0.2, -0.15) is 12.7 Å². The van der Waals surface area contributed by atoms with Crippen LogP contribution in [0.25, 0.3) is 0 Å². The molecule has 1 aromatic rings. The van der Waals surface area contributed by atoms with Crippen molar-refractivity contribution in [1.29, 1.82) is 0 Å². The summed E-state index contributed by atoms with van der Waals surface area (Å²) >= 11 is 0. The zero-order valence-electron chi connectivity index (χ0n) is 10.7. The third-order valence-corrected chi connectivity index (χ3v) is 4.02. The van der Waals surface area contributed by atoms with Gasteiger partial charge >= 0.3 is 16.2 Å². The molecule has 0 radical (unpaired) electrons. The first-order chi connectivity index (χ1) is 8.65. The van der Waals surface area contributed by atoms with E-state index in [2.05, 4.69) is 4.72 Å². The molecule has 0 saturated heterocycles. The van der Waals surface area contributed by atoms with Crippen LogP contribution >= 0.6 is 0 Å². The van der Waals surface area contributed by atoms with Crippen molar-refractivity contribution in [3.8, 4) is 0 Å². The second-order valence-corrected chi connectivity index (χ2v) is 6.07. The van der Waals surface area contributed by atoms with E-state index in [0.29, 0.717) is 0 Å². The van der Waals surface area contributed by atoms with E-state index in [1.807, 2.05) is 0 Å². The first-order valence-electron chi connectivity index (χ1n) is 5.37. The number of hydrogen-bond donors (Lipinski definition) is 2. The minimum absolute atomic E-state index is 0.227. The molecular weight excluding hydrogens is 275 g/mol. The van der Waals surface area contributed by atoms with Gasteiger partial charge in [-0.05, 0) is 24.6 Å². The number of hydrogen-bond acceptors (Lipinski definition) is 3. The fraction of sp³-hybridized carbons (Fsp3) is 0.364. The van der Waals surface area contributed by atoms with Gasteiger partial charge in [0, 0.05) is 14.1 Å². The van der Waals surface area contributed by atoms with Gasteiger partial charge in [-0.1, -0.05) is 6.07 Å². The van der Waals surface area contributed by atoms with Crippen molar-refractivity contribution in [2.75, 3.05) is 18.8 Å². The molecule has 0 aliphatic heterocycles. The second-order valence-electron chi connectivity index (χ2n) is 4.19. The maximum absolute atomic E-state index is 13.7. The van der Waals surface area contributed by atoms with Crippen LogP contribution in [0.3, 0.4) is 0 Å². The van der Waals surface area contributed by atoms with Crippen molar-refractivity contribution in [2.45, 2.75) is 12.8 Å². The molecule has 0 aliphatic rings. The van der Waals surface area contributed by atoms with Gasteiger partial charge in [0.15, 0.2) is 0 Å². The molecular formula is C11H15FN2O4S.